The largest absolute Gasteiger partial charge is 0.495 e. The van der Waals surface area contributed by atoms with Crippen LogP contribution in [0.4, 0.5) is 36.4 Å². The molecule has 3 aromatic rings. The number of hydrogen-bond acceptors (Lipinski definition) is 10. The van der Waals surface area contributed by atoms with Gasteiger partial charge in [-0.05, 0) is 43.0 Å². The van der Waals surface area contributed by atoms with Gasteiger partial charge in [-0.1, -0.05) is 6.07 Å². The molecule has 0 spiro atoms. The summed E-state index contributed by atoms with van der Waals surface area (Å²) >= 11 is 0. The van der Waals surface area contributed by atoms with Crippen molar-refractivity contribution < 1.29 is 31.1 Å². The first-order valence-electron chi connectivity index (χ1n) is 14.4. The molecule has 1 aliphatic carbocycles. The van der Waals surface area contributed by atoms with Gasteiger partial charge in [0.1, 0.15) is 22.9 Å². The number of amides is 1. The number of carbonyl (C=O) groups excluding carboxylic acids is 1. The average Bonchev–Trinajstić information content (AvgIpc) is 3.83. The number of nitrogens with zero attached hydrogens (tertiary/aromatic N) is 6. The number of alkyl halides is 3. The van der Waals surface area contributed by atoms with Crippen molar-refractivity contribution in [1.29, 1.82) is 0 Å². The van der Waals surface area contributed by atoms with Crippen LogP contribution in [0.5, 0.6) is 5.75 Å². The van der Waals surface area contributed by atoms with Crippen molar-refractivity contribution in [3.8, 4) is 5.75 Å². The summed E-state index contributed by atoms with van der Waals surface area (Å²) in [4.78, 5) is 29.4. The SMILES string of the molecule is COc1cc(C(=O)N2CCN(CC3CC3)CC2)ccc1Nc1ncc(C(F)(F)F)c(NCc2cccnc2N(C)S(C)(=O)=O)n1. The number of anilines is 4. The van der Waals surface area contributed by atoms with Gasteiger partial charge in [-0.15, -0.1) is 0 Å². The Labute approximate surface area is 259 Å². The number of nitrogens with one attached hydrogen (secondary N) is 2. The Kier molecular flexibility index (Phi) is 9.34. The molecule has 0 bridgehead atoms. The van der Waals surface area contributed by atoms with Crippen LogP contribution in [0, 0.1) is 5.92 Å². The van der Waals surface area contributed by atoms with E-state index in [1.54, 1.807) is 30.3 Å². The number of halogens is 3. The molecule has 242 valence electrons. The number of benzene rings is 1. The Morgan fingerprint density at radius 2 is 1.87 bits per heavy atom. The number of ether oxygens (including phenoxy) is 1. The number of sulfonamides is 1. The summed E-state index contributed by atoms with van der Waals surface area (Å²) in [6.45, 7) is 3.80. The Hall–Kier alpha value is -4.18. The van der Waals surface area contributed by atoms with Crippen LogP contribution in [0.3, 0.4) is 0 Å². The van der Waals surface area contributed by atoms with E-state index < -0.39 is 27.6 Å². The molecular formula is C29H35F3N8O4S. The number of piperazine rings is 1. The molecule has 1 aliphatic heterocycles. The van der Waals surface area contributed by atoms with Gasteiger partial charge in [0.15, 0.2) is 0 Å². The Morgan fingerprint density at radius 3 is 2.51 bits per heavy atom. The lowest BCUT2D eigenvalue weighted by Crippen LogP contribution is -2.49. The normalized spacial score (nSPS) is 15.9. The Balaban J connectivity index is 1.32. The van der Waals surface area contributed by atoms with E-state index >= 15 is 0 Å². The van der Waals surface area contributed by atoms with E-state index in [1.165, 1.54) is 33.2 Å². The molecule has 3 heterocycles. The van der Waals surface area contributed by atoms with Crippen LogP contribution in [0.1, 0.15) is 34.3 Å². The summed E-state index contributed by atoms with van der Waals surface area (Å²) in [5.74, 6) is 0.334. The van der Waals surface area contributed by atoms with Crippen LogP contribution in [-0.4, -0.2) is 92.2 Å². The first-order valence-corrected chi connectivity index (χ1v) is 16.2. The number of pyridine rings is 1. The van der Waals surface area contributed by atoms with Crippen molar-refractivity contribution in [3.63, 3.8) is 0 Å². The second kappa shape index (κ2) is 13.0. The number of methoxy groups -OCH3 is 1. The predicted molar refractivity (Wildman–Crippen MR) is 163 cm³/mol. The van der Waals surface area contributed by atoms with Gasteiger partial charge in [0.2, 0.25) is 16.0 Å². The van der Waals surface area contributed by atoms with E-state index in [0.29, 0.717) is 36.1 Å². The summed E-state index contributed by atoms with van der Waals surface area (Å²) in [5.41, 5.74) is -0.00794. The fraction of sp³-hybridized carbons (Fsp3) is 0.448. The van der Waals surface area contributed by atoms with Gasteiger partial charge >= 0.3 is 6.18 Å². The van der Waals surface area contributed by atoms with Crippen molar-refractivity contribution in [1.82, 2.24) is 24.8 Å². The van der Waals surface area contributed by atoms with Crippen LogP contribution in [0.25, 0.3) is 0 Å². The van der Waals surface area contributed by atoms with E-state index in [0.717, 1.165) is 36.1 Å². The molecule has 1 saturated heterocycles. The quantitative estimate of drug-likeness (QED) is 0.316. The van der Waals surface area contributed by atoms with Gasteiger partial charge in [0.25, 0.3) is 5.91 Å². The molecule has 1 saturated carbocycles. The van der Waals surface area contributed by atoms with E-state index in [2.05, 4.69) is 30.5 Å². The zero-order chi connectivity index (χ0) is 32.4. The molecule has 0 atom stereocenters. The standard InChI is InChI=1S/C29H35F3N8O4S/c1-38(45(3,42)43)26-21(5-4-10-33-26)16-34-25-22(29(30,31)32)17-35-28(37-25)36-23-9-8-20(15-24(23)44-2)27(41)40-13-11-39(12-14-40)18-19-6-7-19/h4-5,8-10,15,17,19H,6-7,11-14,16,18H2,1-3H3,(H2,34,35,36,37). The van der Waals surface area contributed by atoms with Gasteiger partial charge in [0, 0.05) is 69.8 Å². The molecule has 2 N–H and O–H groups in total. The molecular weight excluding hydrogens is 613 g/mol. The Morgan fingerprint density at radius 1 is 1.13 bits per heavy atom. The maximum atomic E-state index is 13.9. The van der Waals surface area contributed by atoms with Gasteiger partial charge in [-0.3, -0.25) is 14.0 Å². The minimum atomic E-state index is -4.77. The maximum Gasteiger partial charge on any atom is 0.421 e. The van der Waals surface area contributed by atoms with E-state index in [-0.39, 0.29) is 30.0 Å². The number of rotatable bonds is 11. The fourth-order valence-electron chi connectivity index (χ4n) is 5.00. The lowest BCUT2D eigenvalue weighted by molar-refractivity contribution is -0.137. The molecule has 1 amide bonds. The monoisotopic (exact) mass is 648 g/mol. The topological polar surface area (TPSA) is 133 Å². The lowest BCUT2D eigenvalue weighted by atomic mass is 10.1. The van der Waals surface area contributed by atoms with Crippen LogP contribution in [-0.2, 0) is 22.7 Å². The van der Waals surface area contributed by atoms with Crippen molar-refractivity contribution in [2.75, 3.05) is 68.1 Å². The van der Waals surface area contributed by atoms with Gasteiger partial charge < -0.3 is 20.3 Å². The zero-order valence-electron chi connectivity index (χ0n) is 25.1. The summed E-state index contributed by atoms with van der Waals surface area (Å²) in [7, 11) is -0.946. The van der Waals surface area contributed by atoms with Gasteiger partial charge in [-0.25, -0.2) is 18.4 Å². The highest BCUT2D eigenvalue weighted by atomic mass is 32.2. The molecule has 2 aromatic heterocycles. The molecule has 1 aromatic carbocycles. The molecule has 12 nitrogen and oxygen atoms in total. The summed E-state index contributed by atoms with van der Waals surface area (Å²) in [6, 6.07) is 7.88. The van der Waals surface area contributed by atoms with Crippen molar-refractivity contribution in [3.05, 3.63) is 59.4 Å². The van der Waals surface area contributed by atoms with E-state index in [9.17, 15) is 26.4 Å². The van der Waals surface area contributed by atoms with Crippen LogP contribution < -0.4 is 19.7 Å². The molecule has 16 heteroatoms. The molecule has 0 unspecified atom stereocenters. The highest BCUT2D eigenvalue weighted by Crippen LogP contribution is 2.36. The lowest BCUT2D eigenvalue weighted by Gasteiger charge is -2.34. The van der Waals surface area contributed by atoms with Gasteiger partial charge in [0.05, 0.1) is 19.1 Å². The number of aromatic nitrogens is 3. The first kappa shape index (κ1) is 32.2. The Bertz CT molecular complexity index is 1640. The van der Waals surface area contributed by atoms with E-state index in [4.69, 9.17) is 4.74 Å². The zero-order valence-corrected chi connectivity index (χ0v) is 26.0. The second-order valence-corrected chi connectivity index (χ2v) is 13.1. The molecule has 0 radical (unpaired) electrons. The minimum Gasteiger partial charge on any atom is -0.495 e. The molecule has 2 aliphatic rings. The maximum absolute atomic E-state index is 13.9. The minimum absolute atomic E-state index is 0.0629. The van der Waals surface area contributed by atoms with Gasteiger partial charge in [-0.2, -0.15) is 18.2 Å². The third kappa shape index (κ3) is 7.92. The van der Waals surface area contributed by atoms with Crippen LogP contribution in [0.15, 0.2) is 42.7 Å². The highest BCUT2D eigenvalue weighted by Gasteiger charge is 2.35. The third-order valence-corrected chi connectivity index (χ3v) is 8.94. The smallest absolute Gasteiger partial charge is 0.421 e. The number of hydrogen-bond donors (Lipinski definition) is 2. The molecule has 45 heavy (non-hydrogen) atoms. The second-order valence-electron chi connectivity index (χ2n) is 11.1. The van der Waals surface area contributed by atoms with Crippen molar-refractivity contribution in [2.45, 2.75) is 25.6 Å². The highest BCUT2D eigenvalue weighted by molar-refractivity contribution is 7.92. The summed E-state index contributed by atoms with van der Waals surface area (Å²) in [6.07, 6.45) is 0.828. The van der Waals surface area contributed by atoms with Crippen molar-refractivity contribution in [2.24, 2.45) is 5.92 Å². The molecule has 5 rings (SSSR count). The average molecular weight is 649 g/mol. The van der Waals surface area contributed by atoms with Crippen molar-refractivity contribution >= 4 is 39.2 Å². The molecule has 2 fully saturated rings. The first-order chi connectivity index (χ1) is 21.3. The van der Waals surface area contributed by atoms with Crippen LogP contribution >= 0.6 is 0 Å². The summed E-state index contributed by atoms with van der Waals surface area (Å²) in [5, 5.41) is 5.54. The predicted octanol–water partition coefficient (Wildman–Crippen LogP) is 3.82. The summed E-state index contributed by atoms with van der Waals surface area (Å²) < 4.78 is 72.1. The number of carbonyl (C=O) groups is 1. The van der Waals surface area contributed by atoms with Crippen LogP contribution in [0.2, 0.25) is 0 Å². The fourth-order valence-corrected chi connectivity index (χ4v) is 5.48. The third-order valence-electron chi connectivity index (χ3n) is 7.77. The van der Waals surface area contributed by atoms with E-state index in [1.807, 2.05) is 4.90 Å².